The van der Waals surface area contributed by atoms with Crippen molar-refractivity contribution < 1.29 is 9.59 Å². The largest absolute Gasteiger partial charge is 0.282 e. The highest BCUT2D eigenvalue weighted by Crippen LogP contribution is 2.18. The average Bonchev–Trinajstić information content (AvgIpc) is 2.39. The van der Waals surface area contributed by atoms with Crippen molar-refractivity contribution in [2.24, 2.45) is 0 Å². The monoisotopic (exact) mass is 372 g/mol. The van der Waals surface area contributed by atoms with E-state index >= 15 is 0 Å². The molecule has 0 aliphatic heterocycles. The molecule has 6 heteroatoms. The molecular formula is C12H6ClIN2O2. The van der Waals surface area contributed by atoms with E-state index in [1.54, 1.807) is 40.8 Å². The van der Waals surface area contributed by atoms with Crippen molar-refractivity contribution in [3.05, 3.63) is 47.8 Å². The molecule has 2 aromatic heterocycles. The molecule has 0 bridgehead atoms. The van der Waals surface area contributed by atoms with Gasteiger partial charge in [0.15, 0.2) is 0 Å². The van der Waals surface area contributed by atoms with Crippen LogP contribution in [0.15, 0.2) is 36.7 Å². The second-order valence-electron chi connectivity index (χ2n) is 3.41. The minimum Gasteiger partial charge on any atom is -0.282 e. The maximum Gasteiger partial charge on any atom is 0.252 e. The van der Waals surface area contributed by atoms with Gasteiger partial charge in [-0.25, -0.2) is 0 Å². The molecule has 0 fully saturated rings. The molecule has 0 radical (unpaired) electrons. The molecule has 0 aliphatic carbocycles. The van der Waals surface area contributed by atoms with E-state index in [2.05, 4.69) is 9.97 Å². The van der Waals surface area contributed by atoms with Gasteiger partial charge in [-0.05, 0) is 35.9 Å². The van der Waals surface area contributed by atoms with Gasteiger partial charge in [0.1, 0.15) is 0 Å². The third kappa shape index (κ3) is 2.91. The number of nitrogens with zero attached hydrogens (tertiary/aromatic N) is 2. The zero-order chi connectivity index (χ0) is 13.1. The van der Waals surface area contributed by atoms with Gasteiger partial charge >= 0.3 is 0 Å². The van der Waals surface area contributed by atoms with Gasteiger partial charge < -0.3 is 0 Å². The number of rotatable bonds is 3. The highest BCUT2D eigenvalue weighted by Gasteiger charge is 2.08. The van der Waals surface area contributed by atoms with E-state index in [9.17, 15) is 9.59 Å². The zero-order valence-electron chi connectivity index (χ0n) is 8.93. The second kappa shape index (κ2) is 5.53. The van der Waals surface area contributed by atoms with Crippen LogP contribution >= 0.6 is 34.2 Å². The second-order valence-corrected chi connectivity index (χ2v) is 4.73. The zero-order valence-corrected chi connectivity index (χ0v) is 11.8. The first-order chi connectivity index (χ1) is 8.58. The SMILES string of the molecule is O=C(Cl)c1ccnc(-c2cc(C(=O)I)ccn2)c1. The summed E-state index contributed by atoms with van der Waals surface area (Å²) in [7, 11) is 0. The lowest BCUT2D eigenvalue weighted by molar-refractivity contribution is 0.107. The molecule has 2 rings (SSSR count). The number of pyridine rings is 2. The highest BCUT2D eigenvalue weighted by molar-refractivity contribution is 14.1. The molecule has 0 aromatic carbocycles. The van der Waals surface area contributed by atoms with Crippen LogP contribution in [0.2, 0.25) is 0 Å². The summed E-state index contributed by atoms with van der Waals surface area (Å²) in [6, 6.07) is 6.31. The van der Waals surface area contributed by atoms with Crippen LogP contribution < -0.4 is 0 Å². The van der Waals surface area contributed by atoms with Crippen LogP contribution in [-0.2, 0) is 0 Å². The Morgan fingerprint density at radius 3 is 2.00 bits per heavy atom. The number of carbonyl (C=O) groups is 2. The number of halogens is 2. The predicted molar refractivity (Wildman–Crippen MR) is 76.0 cm³/mol. The van der Waals surface area contributed by atoms with E-state index in [4.69, 9.17) is 11.6 Å². The van der Waals surface area contributed by atoms with Crippen LogP contribution in [0.25, 0.3) is 11.4 Å². The Labute approximate surface area is 122 Å². The number of hydrogen-bond donors (Lipinski definition) is 0. The molecule has 0 saturated carbocycles. The van der Waals surface area contributed by atoms with E-state index < -0.39 is 5.24 Å². The first kappa shape index (κ1) is 13.1. The van der Waals surface area contributed by atoms with E-state index in [1.165, 1.54) is 18.5 Å². The summed E-state index contributed by atoms with van der Waals surface area (Å²) in [5, 5.41) is -0.556. The highest BCUT2D eigenvalue weighted by atomic mass is 127. The third-order valence-corrected chi connectivity index (χ3v) is 3.08. The molecular weight excluding hydrogens is 367 g/mol. The van der Waals surface area contributed by atoms with Crippen molar-refractivity contribution in [3.8, 4) is 11.4 Å². The van der Waals surface area contributed by atoms with E-state index in [0.717, 1.165) is 0 Å². The molecule has 2 aromatic rings. The number of aromatic nitrogens is 2. The first-order valence-electron chi connectivity index (χ1n) is 4.90. The van der Waals surface area contributed by atoms with Crippen molar-refractivity contribution in [2.45, 2.75) is 0 Å². The maximum atomic E-state index is 11.3. The lowest BCUT2D eigenvalue weighted by Gasteiger charge is -2.02. The smallest absolute Gasteiger partial charge is 0.252 e. The van der Waals surface area contributed by atoms with Gasteiger partial charge in [0.2, 0.25) is 3.79 Å². The van der Waals surface area contributed by atoms with Gasteiger partial charge in [-0.2, -0.15) is 0 Å². The minimum atomic E-state index is -0.556. The molecule has 0 atom stereocenters. The quantitative estimate of drug-likeness (QED) is 0.614. The lowest BCUT2D eigenvalue weighted by atomic mass is 10.1. The van der Waals surface area contributed by atoms with Crippen molar-refractivity contribution >= 4 is 43.2 Å². The van der Waals surface area contributed by atoms with Crippen LogP contribution in [0.4, 0.5) is 0 Å². The summed E-state index contributed by atoms with van der Waals surface area (Å²) in [5.41, 5.74) is 1.90. The Hall–Kier alpha value is -1.34. The van der Waals surface area contributed by atoms with E-state index in [1.807, 2.05) is 0 Å². The fourth-order valence-electron chi connectivity index (χ4n) is 1.39. The standard InChI is InChI=1S/C12H6ClIN2O2/c13-11(17)7-1-3-15-9(5-7)10-6-8(12(14)18)2-4-16-10/h1-6H. The summed E-state index contributed by atoms with van der Waals surface area (Å²) in [5.74, 6) is 0. The van der Waals surface area contributed by atoms with E-state index in [0.29, 0.717) is 22.5 Å². The molecule has 2 heterocycles. The molecule has 4 nitrogen and oxygen atoms in total. The van der Waals surface area contributed by atoms with Gasteiger partial charge in [-0.15, -0.1) is 0 Å². The average molecular weight is 373 g/mol. The number of carbonyl (C=O) groups excluding carboxylic acids is 2. The fourth-order valence-corrected chi connectivity index (χ4v) is 1.84. The molecule has 0 spiro atoms. The van der Waals surface area contributed by atoms with Gasteiger partial charge in [-0.1, -0.05) is 0 Å². The Morgan fingerprint density at radius 2 is 1.50 bits per heavy atom. The van der Waals surface area contributed by atoms with Gasteiger partial charge in [0, 0.05) is 46.1 Å². The number of hydrogen-bond acceptors (Lipinski definition) is 4. The molecule has 0 aliphatic rings. The Balaban J connectivity index is 2.48. The Kier molecular flexibility index (Phi) is 4.03. The van der Waals surface area contributed by atoms with Crippen LogP contribution in [0.1, 0.15) is 20.7 Å². The maximum absolute atomic E-state index is 11.3. The molecule has 0 N–H and O–H groups in total. The molecule has 0 unspecified atom stereocenters. The summed E-state index contributed by atoms with van der Waals surface area (Å²) in [6.07, 6.45) is 3.00. The molecule has 90 valence electrons. The predicted octanol–water partition coefficient (Wildman–Crippen LogP) is 3.10. The summed E-state index contributed by atoms with van der Waals surface area (Å²) in [4.78, 5) is 30.6. The summed E-state index contributed by atoms with van der Waals surface area (Å²) in [6.45, 7) is 0. The lowest BCUT2D eigenvalue weighted by Crippen LogP contribution is -1.95. The third-order valence-electron chi connectivity index (χ3n) is 2.24. The summed E-state index contributed by atoms with van der Waals surface area (Å²) < 4.78 is -0.0826. The Morgan fingerprint density at radius 1 is 1.00 bits per heavy atom. The first-order valence-corrected chi connectivity index (χ1v) is 6.36. The minimum absolute atomic E-state index is 0.0826. The van der Waals surface area contributed by atoms with Crippen LogP contribution in [0, 0.1) is 0 Å². The van der Waals surface area contributed by atoms with E-state index in [-0.39, 0.29) is 3.79 Å². The van der Waals surface area contributed by atoms with Crippen molar-refractivity contribution in [2.75, 3.05) is 0 Å². The van der Waals surface area contributed by atoms with Crippen molar-refractivity contribution in [1.29, 1.82) is 0 Å². The van der Waals surface area contributed by atoms with Crippen LogP contribution in [-0.4, -0.2) is 19.0 Å². The fraction of sp³-hybridized carbons (Fsp3) is 0. The van der Waals surface area contributed by atoms with Gasteiger partial charge in [0.25, 0.3) is 5.24 Å². The van der Waals surface area contributed by atoms with Crippen LogP contribution in [0.3, 0.4) is 0 Å². The normalized spacial score (nSPS) is 10.1. The van der Waals surface area contributed by atoms with Gasteiger partial charge in [-0.3, -0.25) is 19.6 Å². The molecule has 0 saturated heterocycles. The molecule has 0 amide bonds. The van der Waals surface area contributed by atoms with Crippen LogP contribution in [0.5, 0.6) is 0 Å². The van der Waals surface area contributed by atoms with Gasteiger partial charge in [0.05, 0.1) is 11.4 Å². The molecule has 18 heavy (non-hydrogen) atoms. The van der Waals surface area contributed by atoms with Crippen molar-refractivity contribution in [3.63, 3.8) is 0 Å². The van der Waals surface area contributed by atoms with Crippen molar-refractivity contribution in [1.82, 2.24) is 9.97 Å². The Bertz CT molecular complexity index is 575. The topological polar surface area (TPSA) is 59.9 Å². The summed E-state index contributed by atoms with van der Waals surface area (Å²) >= 11 is 7.10.